The average molecular weight is 357 g/mol. The van der Waals surface area contributed by atoms with E-state index in [9.17, 15) is 9.59 Å². The lowest BCUT2D eigenvalue weighted by molar-refractivity contribution is -0.136. The molecule has 0 saturated heterocycles. The fourth-order valence-electron chi connectivity index (χ4n) is 4.85. The van der Waals surface area contributed by atoms with Crippen molar-refractivity contribution in [2.75, 3.05) is 40.3 Å². The maximum absolute atomic E-state index is 12.9. The summed E-state index contributed by atoms with van der Waals surface area (Å²) in [6, 6.07) is -0.0726. The predicted molar refractivity (Wildman–Crippen MR) is 101 cm³/mol. The van der Waals surface area contributed by atoms with Crippen molar-refractivity contribution in [3.05, 3.63) is 22.3 Å². The SMILES string of the molecule is CC(C)C(C(=O)N1CC2=C(CN(C(=O)C3CC(=C4CC4)C3)C2)C1)N(C)C. The summed E-state index contributed by atoms with van der Waals surface area (Å²) in [5.74, 6) is 1.06. The fraction of sp³-hybridized carbons (Fsp3) is 0.714. The van der Waals surface area contributed by atoms with Gasteiger partial charge in [0.1, 0.15) is 0 Å². The van der Waals surface area contributed by atoms with Crippen LogP contribution in [0.2, 0.25) is 0 Å². The van der Waals surface area contributed by atoms with Gasteiger partial charge < -0.3 is 9.80 Å². The molecule has 1 atom stereocenters. The van der Waals surface area contributed by atoms with Crippen LogP contribution >= 0.6 is 0 Å². The summed E-state index contributed by atoms with van der Waals surface area (Å²) in [6.07, 6.45) is 4.53. The largest absolute Gasteiger partial charge is 0.334 e. The van der Waals surface area contributed by atoms with E-state index in [-0.39, 0.29) is 17.9 Å². The molecule has 2 fully saturated rings. The van der Waals surface area contributed by atoms with Crippen molar-refractivity contribution < 1.29 is 9.59 Å². The Kier molecular flexibility index (Phi) is 4.46. The van der Waals surface area contributed by atoms with E-state index < -0.39 is 0 Å². The van der Waals surface area contributed by atoms with Crippen molar-refractivity contribution >= 4 is 11.8 Å². The van der Waals surface area contributed by atoms with Gasteiger partial charge in [-0.05, 0) is 56.8 Å². The highest BCUT2D eigenvalue weighted by molar-refractivity contribution is 5.85. The quantitative estimate of drug-likeness (QED) is 0.724. The van der Waals surface area contributed by atoms with Crippen LogP contribution in [0.15, 0.2) is 22.3 Å². The molecular weight excluding hydrogens is 326 g/mol. The molecule has 5 heteroatoms. The molecule has 0 aromatic rings. The van der Waals surface area contributed by atoms with Gasteiger partial charge in [0.2, 0.25) is 11.8 Å². The third-order valence-electron chi connectivity index (χ3n) is 6.43. The first-order valence-corrected chi connectivity index (χ1v) is 9.98. The fourth-order valence-corrected chi connectivity index (χ4v) is 4.85. The van der Waals surface area contributed by atoms with Crippen molar-refractivity contribution in [3.8, 4) is 0 Å². The number of carbonyl (C=O) groups is 2. The van der Waals surface area contributed by atoms with E-state index in [1.54, 1.807) is 11.1 Å². The highest BCUT2D eigenvalue weighted by Crippen LogP contribution is 2.45. The lowest BCUT2D eigenvalue weighted by atomic mass is 9.78. The zero-order chi connectivity index (χ0) is 18.6. The molecule has 4 aliphatic rings. The molecule has 2 heterocycles. The average Bonchev–Trinajstić information content (AvgIpc) is 3.12. The molecule has 1 unspecified atom stereocenters. The van der Waals surface area contributed by atoms with Crippen LogP contribution in [0.4, 0.5) is 0 Å². The lowest BCUT2D eigenvalue weighted by Gasteiger charge is -2.34. The molecule has 142 valence electrons. The smallest absolute Gasteiger partial charge is 0.240 e. The topological polar surface area (TPSA) is 43.9 Å². The maximum Gasteiger partial charge on any atom is 0.240 e. The van der Waals surface area contributed by atoms with Gasteiger partial charge in [0.05, 0.1) is 6.04 Å². The van der Waals surface area contributed by atoms with E-state index in [0.717, 1.165) is 25.9 Å². The van der Waals surface area contributed by atoms with Gasteiger partial charge in [0, 0.05) is 32.1 Å². The molecule has 0 bridgehead atoms. The Labute approximate surface area is 156 Å². The van der Waals surface area contributed by atoms with Crippen LogP contribution < -0.4 is 0 Å². The van der Waals surface area contributed by atoms with Crippen LogP contribution in [0.25, 0.3) is 0 Å². The Morgan fingerprint density at radius 3 is 1.88 bits per heavy atom. The minimum atomic E-state index is -0.0726. The highest BCUT2D eigenvalue weighted by Gasteiger charge is 2.41. The summed E-state index contributed by atoms with van der Waals surface area (Å²) in [5, 5.41) is 0. The molecule has 0 spiro atoms. The van der Waals surface area contributed by atoms with Crippen LogP contribution in [0, 0.1) is 11.8 Å². The summed E-state index contributed by atoms with van der Waals surface area (Å²) in [4.78, 5) is 31.7. The second-order valence-corrected chi connectivity index (χ2v) is 9.06. The zero-order valence-electron chi connectivity index (χ0n) is 16.5. The molecule has 2 aliphatic heterocycles. The second-order valence-electron chi connectivity index (χ2n) is 9.06. The van der Waals surface area contributed by atoms with Gasteiger partial charge >= 0.3 is 0 Å². The molecule has 0 aromatic carbocycles. The van der Waals surface area contributed by atoms with E-state index in [1.807, 2.05) is 28.8 Å². The third-order valence-corrected chi connectivity index (χ3v) is 6.43. The summed E-state index contributed by atoms with van der Waals surface area (Å²) >= 11 is 0. The Bertz CT molecular complexity index is 664. The second kappa shape index (κ2) is 6.52. The lowest BCUT2D eigenvalue weighted by Crippen LogP contribution is -2.49. The van der Waals surface area contributed by atoms with Gasteiger partial charge in [0.15, 0.2) is 0 Å². The monoisotopic (exact) mass is 357 g/mol. The van der Waals surface area contributed by atoms with E-state index in [2.05, 4.69) is 13.8 Å². The van der Waals surface area contributed by atoms with Crippen molar-refractivity contribution in [1.29, 1.82) is 0 Å². The van der Waals surface area contributed by atoms with Gasteiger partial charge in [-0.25, -0.2) is 0 Å². The number of allylic oxidation sites excluding steroid dienone is 2. The highest BCUT2D eigenvalue weighted by atomic mass is 16.2. The Morgan fingerprint density at radius 1 is 0.885 bits per heavy atom. The molecule has 0 aromatic heterocycles. The van der Waals surface area contributed by atoms with Crippen LogP contribution in [0.5, 0.6) is 0 Å². The molecule has 2 saturated carbocycles. The Hall–Kier alpha value is -1.62. The van der Waals surface area contributed by atoms with E-state index in [4.69, 9.17) is 0 Å². The molecule has 2 aliphatic carbocycles. The van der Waals surface area contributed by atoms with Gasteiger partial charge in [-0.3, -0.25) is 14.5 Å². The first kappa shape index (κ1) is 17.8. The number of hydrogen-bond acceptors (Lipinski definition) is 3. The predicted octanol–water partition coefficient (Wildman–Crippen LogP) is 2.05. The molecule has 0 N–H and O–H groups in total. The van der Waals surface area contributed by atoms with Gasteiger partial charge in [-0.2, -0.15) is 0 Å². The summed E-state index contributed by atoms with van der Waals surface area (Å²) in [7, 11) is 3.95. The summed E-state index contributed by atoms with van der Waals surface area (Å²) in [5.41, 5.74) is 5.77. The molecule has 5 nitrogen and oxygen atoms in total. The minimum absolute atomic E-state index is 0.0726. The number of likely N-dealkylation sites (N-methyl/N-ethyl adjacent to an activating group) is 1. The molecule has 2 amide bonds. The van der Waals surface area contributed by atoms with Gasteiger partial charge in [0.25, 0.3) is 0 Å². The van der Waals surface area contributed by atoms with Crippen molar-refractivity contribution in [3.63, 3.8) is 0 Å². The molecule has 26 heavy (non-hydrogen) atoms. The van der Waals surface area contributed by atoms with E-state index in [1.165, 1.54) is 24.0 Å². The van der Waals surface area contributed by atoms with Gasteiger partial charge in [-0.1, -0.05) is 25.0 Å². The first-order chi connectivity index (χ1) is 12.3. The molecular formula is C21H31N3O2. The van der Waals surface area contributed by atoms with Crippen LogP contribution in [-0.4, -0.2) is 72.8 Å². The summed E-state index contributed by atoms with van der Waals surface area (Å²) < 4.78 is 0. The minimum Gasteiger partial charge on any atom is -0.334 e. The Morgan fingerprint density at radius 2 is 1.42 bits per heavy atom. The van der Waals surface area contributed by atoms with Crippen LogP contribution in [-0.2, 0) is 9.59 Å². The third kappa shape index (κ3) is 3.11. The first-order valence-electron chi connectivity index (χ1n) is 9.98. The number of hydrogen-bond donors (Lipinski definition) is 0. The number of carbonyl (C=O) groups excluding carboxylic acids is 2. The Balaban J connectivity index is 1.31. The van der Waals surface area contributed by atoms with Crippen molar-refractivity contribution in [2.24, 2.45) is 11.8 Å². The number of nitrogens with zero attached hydrogens (tertiary/aromatic N) is 3. The maximum atomic E-state index is 12.9. The summed E-state index contributed by atoms with van der Waals surface area (Å²) in [6.45, 7) is 7.07. The van der Waals surface area contributed by atoms with Crippen LogP contribution in [0.1, 0.15) is 39.5 Å². The molecule has 0 radical (unpaired) electrons. The zero-order valence-corrected chi connectivity index (χ0v) is 16.5. The number of amides is 2. The standard InChI is InChI=1S/C21H31N3O2/c1-13(2)19(22(3)4)21(26)24-11-17-9-23(10-18(17)12-24)20(25)16-7-15(8-16)14-5-6-14/h13,16,19H,5-12H2,1-4H3. The normalized spacial score (nSPS) is 26.0. The van der Waals surface area contributed by atoms with E-state index >= 15 is 0 Å². The van der Waals surface area contributed by atoms with Gasteiger partial charge in [-0.15, -0.1) is 0 Å². The van der Waals surface area contributed by atoms with Crippen molar-refractivity contribution in [2.45, 2.75) is 45.6 Å². The van der Waals surface area contributed by atoms with Crippen molar-refractivity contribution in [1.82, 2.24) is 14.7 Å². The number of rotatable bonds is 4. The van der Waals surface area contributed by atoms with Crippen LogP contribution in [0.3, 0.4) is 0 Å². The molecule has 4 rings (SSSR count). The van der Waals surface area contributed by atoms with E-state index in [0.29, 0.717) is 24.9 Å².